The normalized spacial score (nSPS) is 15.1. The molecule has 2 aromatic heterocycles. The number of fused-ring (bicyclic) bond motifs is 1. The minimum Gasteiger partial charge on any atom is -0.494 e. The molecule has 0 radical (unpaired) electrons. The first-order chi connectivity index (χ1) is 15.0. The van der Waals surface area contributed by atoms with Gasteiger partial charge in [0.1, 0.15) is 11.4 Å². The van der Waals surface area contributed by atoms with E-state index in [1.807, 2.05) is 50.3 Å². The van der Waals surface area contributed by atoms with Crippen LogP contribution in [0, 0.1) is 13.8 Å². The molecule has 7 heteroatoms. The second-order valence-corrected chi connectivity index (χ2v) is 7.54. The van der Waals surface area contributed by atoms with Gasteiger partial charge in [-0.25, -0.2) is 4.99 Å². The predicted molar refractivity (Wildman–Crippen MR) is 119 cm³/mol. The first kappa shape index (κ1) is 20.7. The summed E-state index contributed by atoms with van der Waals surface area (Å²) in [4.78, 5) is 24.4. The molecule has 1 amide bonds. The van der Waals surface area contributed by atoms with E-state index in [1.54, 1.807) is 7.11 Å². The highest BCUT2D eigenvalue weighted by atomic mass is 16.5. The van der Waals surface area contributed by atoms with Crippen molar-refractivity contribution in [2.24, 2.45) is 4.99 Å². The van der Waals surface area contributed by atoms with Crippen molar-refractivity contribution in [2.45, 2.75) is 20.3 Å². The van der Waals surface area contributed by atoms with Gasteiger partial charge >= 0.3 is 0 Å². The third-order valence-electron chi connectivity index (χ3n) is 5.25. The number of benzene rings is 1. The van der Waals surface area contributed by atoms with Gasteiger partial charge < -0.3 is 25.1 Å². The lowest BCUT2D eigenvalue weighted by atomic mass is 10.1. The van der Waals surface area contributed by atoms with E-state index >= 15 is 0 Å². The quantitative estimate of drug-likeness (QED) is 0.420. The summed E-state index contributed by atoms with van der Waals surface area (Å²) in [7, 11) is 1.62. The molecule has 31 heavy (non-hydrogen) atoms. The van der Waals surface area contributed by atoms with Crippen LogP contribution >= 0.6 is 0 Å². The van der Waals surface area contributed by atoms with Gasteiger partial charge in [-0.1, -0.05) is 18.2 Å². The fourth-order valence-corrected chi connectivity index (χ4v) is 3.78. The number of aliphatic hydroxyl groups excluding tert-OH is 1. The number of hydrogen-bond donors (Lipinski definition) is 4. The molecule has 1 aliphatic rings. The van der Waals surface area contributed by atoms with E-state index in [-0.39, 0.29) is 12.5 Å². The number of aromatic amines is 2. The molecule has 0 unspecified atom stereocenters. The molecule has 1 aliphatic heterocycles. The lowest BCUT2D eigenvalue weighted by Gasteiger charge is -2.06. The second kappa shape index (κ2) is 8.65. The van der Waals surface area contributed by atoms with E-state index in [4.69, 9.17) is 14.8 Å². The molecule has 0 fully saturated rings. The van der Waals surface area contributed by atoms with Crippen LogP contribution in [0.4, 0.5) is 0 Å². The number of nitrogens with zero attached hydrogens (tertiary/aromatic N) is 1. The van der Waals surface area contributed by atoms with Gasteiger partial charge in [0.25, 0.3) is 5.91 Å². The molecule has 3 aromatic rings. The molecule has 0 bridgehead atoms. The van der Waals surface area contributed by atoms with Gasteiger partial charge in [0.2, 0.25) is 0 Å². The number of ether oxygens (including phenoxy) is 1. The maximum Gasteiger partial charge on any atom is 0.254 e. The van der Waals surface area contributed by atoms with Crippen LogP contribution in [0.1, 0.15) is 23.4 Å². The van der Waals surface area contributed by atoms with E-state index in [9.17, 15) is 4.79 Å². The second-order valence-electron chi connectivity index (χ2n) is 7.54. The minimum atomic E-state index is -0.216. The molecule has 0 saturated carbocycles. The molecule has 4 N–H and O–H groups in total. The molecular formula is C24H26N4O3. The fourth-order valence-electron chi connectivity index (χ4n) is 3.78. The Morgan fingerprint density at radius 3 is 2.74 bits per heavy atom. The van der Waals surface area contributed by atoms with E-state index < -0.39 is 0 Å². The first-order valence-corrected chi connectivity index (χ1v) is 10.2. The van der Waals surface area contributed by atoms with E-state index in [0.717, 1.165) is 32.9 Å². The van der Waals surface area contributed by atoms with Gasteiger partial charge in [-0.15, -0.1) is 0 Å². The smallest absolute Gasteiger partial charge is 0.254 e. The van der Waals surface area contributed by atoms with Gasteiger partial charge in [0.15, 0.2) is 0 Å². The summed E-state index contributed by atoms with van der Waals surface area (Å²) in [6.45, 7) is 4.49. The molecule has 4 rings (SSSR count). The van der Waals surface area contributed by atoms with E-state index in [2.05, 4.69) is 21.4 Å². The Bertz CT molecular complexity index is 1380. The van der Waals surface area contributed by atoms with E-state index in [1.165, 1.54) is 0 Å². The van der Waals surface area contributed by atoms with E-state index in [0.29, 0.717) is 35.3 Å². The van der Waals surface area contributed by atoms with Crippen molar-refractivity contribution in [1.82, 2.24) is 15.3 Å². The molecule has 1 aromatic carbocycles. The zero-order chi connectivity index (χ0) is 22.0. The van der Waals surface area contributed by atoms with Gasteiger partial charge in [0.05, 0.1) is 28.7 Å². The number of rotatable bonds is 6. The van der Waals surface area contributed by atoms with Crippen molar-refractivity contribution in [3.63, 3.8) is 0 Å². The maximum absolute atomic E-state index is 13.0. The molecule has 0 saturated heterocycles. The lowest BCUT2D eigenvalue weighted by molar-refractivity contribution is -0.115. The third-order valence-corrected chi connectivity index (χ3v) is 5.25. The van der Waals surface area contributed by atoms with Crippen molar-refractivity contribution in [3.05, 3.63) is 74.6 Å². The van der Waals surface area contributed by atoms with Gasteiger partial charge in [-0.3, -0.25) is 4.79 Å². The van der Waals surface area contributed by atoms with Crippen molar-refractivity contribution < 1.29 is 14.6 Å². The third kappa shape index (κ3) is 4.04. The molecule has 3 heterocycles. The summed E-state index contributed by atoms with van der Waals surface area (Å²) in [5.74, 6) is 0.451. The van der Waals surface area contributed by atoms with Crippen LogP contribution in [0.25, 0.3) is 17.3 Å². The zero-order valence-corrected chi connectivity index (χ0v) is 17.9. The SMILES string of the molecule is COc1c/c(=C2/N=c3ccccc3=C2C(=O)NCCCO)[nH]/c1=C\c1[nH]c(C)cc1C. The Hall–Kier alpha value is -3.58. The number of aryl methyl sites for hydroxylation is 2. The summed E-state index contributed by atoms with van der Waals surface area (Å²) < 4.78 is 5.59. The standard InChI is InChI=1S/C24H26N4O3/c1-14-11-15(2)26-18(14)12-19-21(31-3)13-20(27-19)23-22(24(30)25-9-6-10-29)16-7-4-5-8-17(16)28-23/h4-5,7-8,11-13,26-27,29H,6,9-10H2,1-3H3,(H,25,30)/b19-12-,23-20-. The number of para-hydroxylation sites is 1. The number of carbonyl (C=O) groups excluding carboxylic acids is 1. The minimum absolute atomic E-state index is 0.0256. The summed E-state index contributed by atoms with van der Waals surface area (Å²) in [5, 5.41) is 14.9. The van der Waals surface area contributed by atoms with Crippen LogP contribution in [-0.4, -0.2) is 41.2 Å². The Kier molecular flexibility index (Phi) is 5.77. The van der Waals surface area contributed by atoms with Crippen molar-refractivity contribution >= 4 is 23.3 Å². The molecule has 7 nitrogen and oxygen atoms in total. The Balaban J connectivity index is 1.90. The number of carbonyl (C=O) groups is 1. The number of H-pyrrole nitrogens is 2. The molecule has 160 valence electrons. The fraction of sp³-hybridized carbons (Fsp3) is 0.250. The molecule has 0 atom stereocenters. The Morgan fingerprint density at radius 1 is 1.23 bits per heavy atom. The van der Waals surface area contributed by atoms with Crippen molar-refractivity contribution in [1.29, 1.82) is 0 Å². The number of methoxy groups -OCH3 is 1. The Labute approximate surface area is 179 Å². The highest BCUT2D eigenvalue weighted by Crippen LogP contribution is 2.15. The summed E-state index contributed by atoms with van der Waals surface area (Å²) >= 11 is 0. The van der Waals surface area contributed by atoms with Gasteiger partial charge in [0, 0.05) is 35.8 Å². The van der Waals surface area contributed by atoms with Crippen LogP contribution < -0.4 is 31.3 Å². The van der Waals surface area contributed by atoms with Crippen LogP contribution in [0.2, 0.25) is 0 Å². The first-order valence-electron chi connectivity index (χ1n) is 10.2. The zero-order valence-electron chi connectivity index (χ0n) is 17.9. The highest BCUT2D eigenvalue weighted by Gasteiger charge is 2.21. The average molecular weight is 418 g/mol. The number of nitrogens with one attached hydrogen (secondary N) is 3. The van der Waals surface area contributed by atoms with Crippen molar-refractivity contribution in [3.8, 4) is 5.75 Å². The Morgan fingerprint density at radius 2 is 2.03 bits per heavy atom. The number of amides is 1. The highest BCUT2D eigenvalue weighted by molar-refractivity contribution is 6.27. The maximum atomic E-state index is 13.0. The van der Waals surface area contributed by atoms with Crippen LogP contribution in [-0.2, 0) is 4.79 Å². The monoisotopic (exact) mass is 418 g/mol. The number of aromatic nitrogens is 2. The summed E-state index contributed by atoms with van der Waals surface area (Å²) in [5.41, 5.74) is 4.29. The topological polar surface area (TPSA) is 102 Å². The van der Waals surface area contributed by atoms with Crippen LogP contribution in [0.5, 0.6) is 5.75 Å². The van der Waals surface area contributed by atoms with Gasteiger partial charge in [-0.2, -0.15) is 0 Å². The largest absolute Gasteiger partial charge is 0.494 e. The summed E-state index contributed by atoms with van der Waals surface area (Å²) in [6, 6.07) is 11.5. The predicted octanol–water partition coefficient (Wildman–Crippen LogP) is -0.112. The average Bonchev–Trinajstić information content (AvgIpc) is 3.42. The molecule has 0 spiro atoms. The van der Waals surface area contributed by atoms with Crippen molar-refractivity contribution in [2.75, 3.05) is 20.3 Å². The number of aliphatic hydroxyl groups is 1. The molecule has 0 aliphatic carbocycles. The van der Waals surface area contributed by atoms with Crippen LogP contribution in [0.3, 0.4) is 0 Å². The summed E-state index contributed by atoms with van der Waals surface area (Å²) in [6.07, 6.45) is 2.49. The van der Waals surface area contributed by atoms with Gasteiger partial charge in [-0.05, 0) is 44.0 Å². The number of hydrogen-bond acceptors (Lipinski definition) is 4. The van der Waals surface area contributed by atoms with Crippen LogP contribution in [0.15, 0.2) is 41.4 Å². The lowest BCUT2D eigenvalue weighted by Crippen LogP contribution is -2.32. The molecular weight excluding hydrogens is 392 g/mol.